The lowest BCUT2D eigenvalue weighted by molar-refractivity contribution is -0.138. The van der Waals surface area contributed by atoms with Crippen molar-refractivity contribution in [2.75, 3.05) is 0 Å². The minimum absolute atomic E-state index is 0.216. The Morgan fingerprint density at radius 1 is 1.67 bits per heavy atom. The molecule has 1 unspecified atom stereocenters. The molecule has 0 aliphatic rings. The molecule has 0 saturated heterocycles. The van der Waals surface area contributed by atoms with Crippen molar-refractivity contribution in [1.29, 1.82) is 0 Å². The van der Waals surface area contributed by atoms with Crippen molar-refractivity contribution in [3.63, 3.8) is 0 Å². The zero-order chi connectivity index (χ0) is 11.4. The van der Waals surface area contributed by atoms with Gasteiger partial charge >= 0.3 is 5.97 Å². The quantitative estimate of drug-likeness (QED) is 0.710. The molecule has 3 N–H and O–H groups in total. The molecule has 0 bridgehead atoms. The van der Waals surface area contributed by atoms with E-state index in [1.807, 2.05) is 0 Å². The van der Waals surface area contributed by atoms with Gasteiger partial charge in [-0.05, 0) is 5.92 Å². The predicted octanol–water partition coefficient (Wildman–Crippen LogP) is -0.111. The van der Waals surface area contributed by atoms with Gasteiger partial charge in [-0.2, -0.15) is 0 Å². The summed E-state index contributed by atoms with van der Waals surface area (Å²) in [5.41, 5.74) is 6.00. The second-order valence-electron chi connectivity index (χ2n) is 3.97. The van der Waals surface area contributed by atoms with Gasteiger partial charge in [-0.25, -0.2) is 0 Å². The summed E-state index contributed by atoms with van der Waals surface area (Å²) in [6.07, 6.45) is 1.95. The number of nitrogens with two attached hydrogens (primary N) is 1. The Hall–Kier alpha value is -1.43. The topological polar surface area (TPSA) is 94.0 Å². The summed E-state index contributed by atoms with van der Waals surface area (Å²) in [6, 6.07) is -0.908. The minimum atomic E-state index is -1.02. The van der Waals surface area contributed by atoms with Crippen LogP contribution in [-0.4, -0.2) is 32.1 Å². The average molecular weight is 212 g/mol. The summed E-state index contributed by atoms with van der Waals surface area (Å²) in [5.74, 6) is -0.541. The Balaban J connectivity index is 2.56. The van der Waals surface area contributed by atoms with Crippen LogP contribution in [0.3, 0.4) is 0 Å². The highest BCUT2D eigenvalue weighted by Gasteiger charge is 2.14. The molecule has 0 aromatic carbocycles. The van der Waals surface area contributed by atoms with Crippen molar-refractivity contribution in [2.45, 2.75) is 32.9 Å². The van der Waals surface area contributed by atoms with Gasteiger partial charge in [0.15, 0.2) is 0 Å². The van der Waals surface area contributed by atoms with Crippen molar-refractivity contribution in [1.82, 2.24) is 15.0 Å². The smallest absolute Gasteiger partial charge is 0.320 e. The van der Waals surface area contributed by atoms with Gasteiger partial charge in [0.1, 0.15) is 6.04 Å². The van der Waals surface area contributed by atoms with Crippen LogP contribution in [0.15, 0.2) is 6.20 Å². The molecule has 84 valence electrons. The number of nitrogens with zero attached hydrogens (tertiary/aromatic N) is 3. The van der Waals surface area contributed by atoms with Crippen LogP contribution in [0.5, 0.6) is 0 Å². The monoisotopic (exact) mass is 212 g/mol. The molecular weight excluding hydrogens is 196 g/mol. The summed E-state index contributed by atoms with van der Waals surface area (Å²) < 4.78 is 1.70. The maximum atomic E-state index is 10.5. The molecule has 15 heavy (non-hydrogen) atoms. The minimum Gasteiger partial charge on any atom is -0.480 e. The standard InChI is InChI=1S/C9H16N4O2/c1-6(2)4-13-5-7(11-12-13)3-8(10)9(14)15/h5-6,8H,3-4,10H2,1-2H3,(H,14,15). The van der Waals surface area contributed by atoms with Crippen LogP contribution in [0, 0.1) is 5.92 Å². The Morgan fingerprint density at radius 2 is 2.33 bits per heavy atom. The second kappa shape index (κ2) is 4.88. The molecule has 0 fully saturated rings. The fourth-order valence-electron chi connectivity index (χ4n) is 1.21. The van der Waals surface area contributed by atoms with E-state index < -0.39 is 12.0 Å². The first-order valence-corrected chi connectivity index (χ1v) is 4.86. The molecule has 0 amide bonds. The lowest BCUT2D eigenvalue weighted by Crippen LogP contribution is -2.32. The lowest BCUT2D eigenvalue weighted by atomic mass is 10.2. The molecule has 0 saturated carbocycles. The van der Waals surface area contributed by atoms with E-state index in [-0.39, 0.29) is 6.42 Å². The lowest BCUT2D eigenvalue weighted by Gasteiger charge is -2.03. The summed E-state index contributed by atoms with van der Waals surface area (Å²) in [7, 11) is 0. The van der Waals surface area contributed by atoms with E-state index in [0.29, 0.717) is 11.6 Å². The molecule has 1 atom stereocenters. The van der Waals surface area contributed by atoms with Crippen LogP contribution in [-0.2, 0) is 17.8 Å². The van der Waals surface area contributed by atoms with Gasteiger partial charge in [-0.1, -0.05) is 19.1 Å². The summed E-state index contributed by atoms with van der Waals surface area (Å²) in [4.78, 5) is 10.5. The molecular formula is C9H16N4O2. The highest BCUT2D eigenvalue weighted by Crippen LogP contribution is 2.01. The van der Waals surface area contributed by atoms with Gasteiger partial charge in [0, 0.05) is 19.2 Å². The number of carboxylic acids is 1. The summed E-state index contributed by atoms with van der Waals surface area (Å²) in [5, 5.41) is 16.4. The van der Waals surface area contributed by atoms with E-state index in [9.17, 15) is 4.79 Å². The Morgan fingerprint density at radius 3 is 2.87 bits per heavy atom. The fraction of sp³-hybridized carbons (Fsp3) is 0.667. The molecule has 1 rings (SSSR count). The van der Waals surface area contributed by atoms with Gasteiger partial charge in [0.2, 0.25) is 0 Å². The first-order valence-electron chi connectivity index (χ1n) is 4.86. The van der Waals surface area contributed by atoms with Crippen LogP contribution in [0.25, 0.3) is 0 Å². The fourth-order valence-corrected chi connectivity index (χ4v) is 1.21. The number of aliphatic carboxylic acids is 1. The zero-order valence-corrected chi connectivity index (χ0v) is 8.92. The third-order valence-corrected chi connectivity index (χ3v) is 1.88. The van der Waals surface area contributed by atoms with Crippen molar-refractivity contribution in [2.24, 2.45) is 11.7 Å². The van der Waals surface area contributed by atoms with Crippen LogP contribution in [0.4, 0.5) is 0 Å². The largest absolute Gasteiger partial charge is 0.480 e. The Kier molecular flexibility index (Phi) is 3.79. The van der Waals surface area contributed by atoms with Crippen molar-refractivity contribution >= 4 is 5.97 Å². The third-order valence-electron chi connectivity index (χ3n) is 1.88. The molecule has 1 aromatic rings. The van der Waals surface area contributed by atoms with Crippen LogP contribution < -0.4 is 5.73 Å². The predicted molar refractivity (Wildman–Crippen MR) is 54.2 cm³/mol. The van der Waals surface area contributed by atoms with E-state index >= 15 is 0 Å². The average Bonchev–Trinajstić information content (AvgIpc) is 2.51. The van der Waals surface area contributed by atoms with E-state index in [1.165, 1.54) is 0 Å². The zero-order valence-electron chi connectivity index (χ0n) is 8.92. The molecule has 6 nitrogen and oxygen atoms in total. The molecule has 0 aliphatic carbocycles. The molecule has 0 spiro atoms. The number of hydrogen-bond acceptors (Lipinski definition) is 4. The number of hydrogen-bond donors (Lipinski definition) is 2. The van der Waals surface area contributed by atoms with E-state index in [2.05, 4.69) is 24.2 Å². The number of aromatic nitrogens is 3. The van der Waals surface area contributed by atoms with Gasteiger partial charge < -0.3 is 10.8 Å². The van der Waals surface area contributed by atoms with E-state index in [1.54, 1.807) is 10.9 Å². The van der Waals surface area contributed by atoms with E-state index in [4.69, 9.17) is 10.8 Å². The normalized spacial score (nSPS) is 13.1. The Bertz CT molecular complexity index is 335. The molecule has 0 radical (unpaired) electrons. The first-order chi connectivity index (χ1) is 6.99. The van der Waals surface area contributed by atoms with Gasteiger partial charge in [0.25, 0.3) is 0 Å². The highest BCUT2D eigenvalue weighted by molar-refractivity contribution is 5.73. The van der Waals surface area contributed by atoms with Crippen molar-refractivity contribution < 1.29 is 9.90 Å². The number of rotatable bonds is 5. The van der Waals surface area contributed by atoms with Gasteiger partial charge in [-0.15, -0.1) is 5.10 Å². The van der Waals surface area contributed by atoms with Gasteiger partial charge in [-0.3, -0.25) is 9.48 Å². The molecule has 1 aromatic heterocycles. The highest BCUT2D eigenvalue weighted by atomic mass is 16.4. The molecule has 1 heterocycles. The summed E-state index contributed by atoms with van der Waals surface area (Å²) in [6.45, 7) is 4.92. The maximum absolute atomic E-state index is 10.5. The third kappa shape index (κ3) is 3.67. The molecule has 0 aliphatic heterocycles. The number of carboxylic acid groups (broad SMARTS) is 1. The van der Waals surface area contributed by atoms with Crippen molar-refractivity contribution in [3.05, 3.63) is 11.9 Å². The van der Waals surface area contributed by atoms with Crippen LogP contribution >= 0.6 is 0 Å². The van der Waals surface area contributed by atoms with Crippen LogP contribution in [0.1, 0.15) is 19.5 Å². The molecule has 6 heteroatoms. The number of carbonyl (C=O) groups is 1. The van der Waals surface area contributed by atoms with Crippen molar-refractivity contribution in [3.8, 4) is 0 Å². The van der Waals surface area contributed by atoms with E-state index in [0.717, 1.165) is 6.54 Å². The van der Waals surface area contributed by atoms with Crippen LogP contribution in [0.2, 0.25) is 0 Å². The maximum Gasteiger partial charge on any atom is 0.320 e. The second-order valence-corrected chi connectivity index (χ2v) is 3.97. The first kappa shape index (κ1) is 11.6. The van der Waals surface area contributed by atoms with Gasteiger partial charge in [0.05, 0.1) is 5.69 Å². The SMILES string of the molecule is CC(C)Cn1cc(CC(N)C(=O)O)nn1. The Labute approximate surface area is 88.1 Å². The summed E-state index contributed by atoms with van der Waals surface area (Å²) >= 11 is 0.